The molecule has 0 heterocycles. The summed E-state index contributed by atoms with van der Waals surface area (Å²) in [7, 11) is 1.63. The largest absolute Gasteiger partial charge is 0.496 e. The lowest BCUT2D eigenvalue weighted by atomic mass is 9.97. The Morgan fingerprint density at radius 3 is 2.15 bits per heavy atom. The third-order valence-electron chi connectivity index (χ3n) is 4.09. The second-order valence-electron chi connectivity index (χ2n) is 6.02. The van der Waals surface area contributed by atoms with Crippen molar-refractivity contribution in [3.63, 3.8) is 0 Å². The van der Waals surface area contributed by atoms with Crippen molar-refractivity contribution in [2.24, 2.45) is 11.5 Å². The average molecular weight is 360 g/mol. The van der Waals surface area contributed by atoms with Gasteiger partial charge in [0.05, 0.1) is 13.7 Å². The molecule has 1 saturated carbocycles. The van der Waals surface area contributed by atoms with E-state index in [0.29, 0.717) is 11.6 Å². The van der Waals surface area contributed by atoms with Gasteiger partial charge in [0.2, 0.25) is 0 Å². The molecule has 1 aliphatic rings. The van der Waals surface area contributed by atoms with Crippen molar-refractivity contribution in [3.8, 4) is 5.75 Å². The molecule has 0 amide bonds. The highest BCUT2D eigenvalue weighted by atomic mass is 16.5. The monoisotopic (exact) mass is 360 g/mol. The molecule has 6 nitrogen and oxygen atoms in total. The molecule has 5 N–H and O–H groups in total. The first kappa shape index (κ1) is 21.6. The smallest absolute Gasteiger partial charge is 0.317 e. The van der Waals surface area contributed by atoms with Gasteiger partial charge in [0.25, 0.3) is 0 Å². The third kappa shape index (κ3) is 7.21. The van der Waals surface area contributed by atoms with Crippen LogP contribution in [0, 0.1) is 0 Å². The zero-order chi connectivity index (χ0) is 19.4. The van der Waals surface area contributed by atoms with Crippen LogP contribution in [0.2, 0.25) is 0 Å². The number of carbonyl (C=O) groups is 2. The predicted octanol–water partition coefficient (Wildman–Crippen LogP) is 2.97. The summed E-state index contributed by atoms with van der Waals surface area (Å²) in [5.74, 6) is -0.170. The molecule has 1 fully saturated rings. The number of fused-ring (bicyclic) bond motifs is 1. The zero-order valence-electron chi connectivity index (χ0n) is 15.2. The number of rotatable bonds is 3. The molecule has 0 atom stereocenters. The maximum atomic E-state index is 10.8. The van der Waals surface area contributed by atoms with Crippen LogP contribution < -0.4 is 16.2 Å². The minimum absolute atomic E-state index is 0.278. The molecule has 26 heavy (non-hydrogen) atoms. The molecule has 142 valence electrons. The summed E-state index contributed by atoms with van der Waals surface area (Å²) in [5.41, 5.74) is 10.9. The van der Waals surface area contributed by atoms with Gasteiger partial charge in [-0.25, -0.2) is 0 Å². The molecule has 0 aliphatic heterocycles. The lowest BCUT2D eigenvalue weighted by Crippen LogP contribution is -2.22. The number of carboxylic acids is 1. The second-order valence-corrected chi connectivity index (χ2v) is 6.02. The maximum Gasteiger partial charge on any atom is 0.317 e. The Labute approximate surface area is 154 Å². The van der Waals surface area contributed by atoms with E-state index in [2.05, 4.69) is 5.73 Å². The normalized spacial score (nSPS) is 13.7. The van der Waals surface area contributed by atoms with Crippen molar-refractivity contribution in [1.82, 2.24) is 0 Å². The second kappa shape index (κ2) is 12.0. The topological polar surface area (TPSA) is 116 Å². The lowest BCUT2D eigenvalue weighted by molar-refractivity contribution is -0.135. The van der Waals surface area contributed by atoms with E-state index in [-0.39, 0.29) is 6.54 Å². The first-order valence-electron chi connectivity index (χ1n) is 8.71. The van der Waals surface area contributed by atoms with Gasteiger partial charge in [-0.2, -0.15) is 0 Å². The van der Waals surface area contributed by atoms with Crippen LogP contribution in [0.15, 0.2) is 36.4 Å². The van der Waals surface area contributed by atoms with Crippen LogP contribution in [0.25, 0.3) is 10.8 Å². The minimum atomic E-state index is -0.968. The van der Waals surface area contributed by atoms with Crippen LogP contribution in [0.3, 0.4) is 0 Å². The van der Waals surface area contributed by atoms with Gasteiger partial charge in [-0.05, 0) is 30.4 Å². The van der Waals surface area contributed by atoms with Crippen molar-refractivity contribution in [1.29, 1.82) is 0 Å². The van der Waals surface area contributed by atoms with Gasteiger partial charge >= 0.3 is 5.97 Å². The standard InChI is InChI=1S/C12H10O2.C6H13N.C2H5NO2/c1-14-12-7-6-9(8-13)10-4-2-3-5-11(10)12;7-6-4-2-1-3-5-6;3-1-2(4)5/h2-8H,1H3;6H,1-5,7H2;1,3H2,(H,4,5). The van der Waals surface area contributed by atoms with Crippen LogP contribution in [-0.2, 0) is 4.79 Å². The number of hydrogen-bond donors (Lipinski definition) is 3. The first-order chi connectivity index (χ1) is 12.5. The number of benzene rings is 2. The van der Waals surface area contributed by atoms with Crippen molar-refractivity contribution in [2.45, 2.75) is 38.1 Å². The Morgan fingerprint density at radius 1 is 1.15 bits per heavy atom. The predicted molar refractivity (Wildman–Crippen MR) is 104 cm³/mol. The number of nitrogens with two attached hydrogens (primary N) is 2. The number of aldehydes is 1. The summed E-state index contributed by atoms with van der Waals surface area (Å²) in [6, 6.07) is 11.8. The summed E-state index contributed by atoms with van der Waals surface area (Å²) in [6.45, 7) is -0.278. The van der Waals surface area contributed by atoms with E-state index in [9.17, 15) is 9.59 Å². The maximum absolute atomic E-state index is 10.8. The van der Waals surface area contributed by atoms with Crippen molar-refractivity contribution >= 4 is 23.0 Å². The molecular weight excluding hydrogens is 332 g/mol. The molecule has 2 aromatic rings. The number of ether oxygens (including phenoxy) is 1. The Bertz CT molecular complexity index is 697. The van der Waals surface area contributed by atoms with Crippen LogP contribution in [0.4, 0.5) is 0 Å². The molecule has 0 aromatic heterocycles. The van der Waals surface area contributed by atoms with E-state index in [4.69, 9.17) is 15.6 Å². The summed E-state index contributed by atoms with van der Waals surface area (Å²) >= 11 is 0. The summed E-state index contributed by atoms with van der Waals surface area (Å²) < 4.78 is 5.21. The number of hydrogen-bond acceptors (Lipinski definition) is 5. The van der Waals surface area contributed by atoms with E-state index < -0.39 is 5.97 Å². The quantitative estimate of drug-likeness (QED) is 0.725. The average Bonchev–Trinajstić information content (AvgIpc) is 2.68. The van der Waals surface area contributed by atoms with E-state index in [1.54, 1.807) is 13.2 Å². The highest BCUT2D eigenvalue weighted by molar-refractivity contribution is 6.00. The van der Waals surface area contributed by atoms with Crippen LogP contribution >= 0.6 is 0 Å². The lowest BCUT2D eigenvalue weighted by Gasteiger charge is -2.15. The van der Waals surface area contributed by atoms with Gasteiger partial charge in [0.1, 0.15) is 5.75 Å². The molecule has 0 spiro atoms. The Morgan fingerprint density at radius 2 is 1.73 bits per heavy atom. The number of methoxy groups -OCH3 is 1. The first-order valence-corrected chi connectivity index (χ1v) is 8.71. The Balaban J connectivity index is 0.000000235. The van der Waals surface area contributed by atoms with Gasteiger partial charge in [0, 0.05) is 17.0 Å². The summed E-state index contributed by atoms with van der Waals surface area (Å²) in [6.07, 6.45) is 7.53. The molecule has 2 aromatic carbocycles. The van der Waals surface area contributed by atoms with Crippen molar-refractivity contribution in [3.05, 3.63) is 42.0 Å². The fourth-order valence-electron chi connectivity index (χ4n) is 2.71. The van der Waals surface area contributed by atoms with Gasteiger partial charge in [0.15, 0.2) is 6.29 Å². The van der Waals surface area contributed by atoms with Gasteiger partial charge < -0.3 is 21.3 Å². The number of aliphatic carboxylic acids is 1. The number of carboxylic acid groups (broad SMARTS) is 1. The zero-order valence-corrected chi connectivity index (χ0v) is 15.2. The van der Waals surface area contributed by atoms with Crippen molar-refractivity contribution < 1.29 is 19.4 Å². The van der Waals surface area contributed by atoms with E-state index in [1.807, 2.05) is 30.3 Å². The SMILES string of the molecule is COc1ccc(C=O)c2ccccc12.NC1CCCCC1.NCC(=O)O. The summed E-state index contributed by atoms with van der Waals surface area (Å²) in [5, 5.41) is 9.50. The molecule has 3 rings (SSSR count). The molecule has 0 bridgehead atoms. The Kier molecular flexibility index (Phi) is 9.97. The van der Waals surface area contributed by atoms with Gasteiger partial charge in [-0.3, -0.25) is 9.59 Å². The fraction of sp³-hybridized carbons (Fsp3) is 0.400. The van der Waals surface area contributed by atoms with Crippen molar-refractivity contribution in [2.75, 3.05) is 13.7 Å². The van der Waals surface area contributed by atoms with Crippen LogP contribution in [-0.4, -0.2) is 37.1 Å². The summed E-state index contributed by atoms with van der Waals surface area (Å²) in [4.78, 5) is 20.0. The molecular formula is C20H28N2O4. The number of carbonyl (C=O) groups excluding carboxylic acids is 1. The van der Waals surface area contributed by atoms with E-state index in [0.717, 1.165) is 22.8 Å². The molecule has 6 heteroatoms. The van der Waals surface area contributed by atoms with Gasteiger partial charge in [-0.15, -0.1) is 0 Å². The van der Waals surface area contributed by atoms with E-state index >= 15 is 0 Å². The molecule has 0 saturated heterocycles. The Hall–Kier alpha value is -2.44. The molecule has 0 unspecified atom stereocenters. The highest BCUT2D eigenvalue weighted by Gasteiger charge is 2.06. The highest BCUT2D eigenvalue weighted by Crippen LogP contribution is 2.27. The van der Waals surface area contributed by atoms with E-state index in [1.165, 1.54) is 32.1 Å². The fourth-order valence-corrected chi connectivity index (χ4v) is 2.71. The molecule has 1 aliphatic carbocycles. The van der Waals surface area contributed by atoms with Crippen LogP contribution in [0.5, 0.6) is 5.75 Å². The molecule has 0 radical (unpaired) electrons. The van der Waals surface area contributed by atoms with Crippen LogP contribution in [0.1, 0.15) is 42.5 Å². The third-order valence-corrected chi connectivity index (χ3v) is 4.09. The minimum Gasteiger partial charge on any atom is -0.496 e. The van der Waals surface area contributed by atoms with Gasteiger partial charge in [-0.1, -0.05) is 43.5 Å².